The molecule has 1 amide bonds. The molecule has 5 nitrogen and oxygen atoms in total. The average molecular weight is 242 g/mol. The summed E-state index contributed by atoms with van der Waals surface area (Å²) >= 11 is 0. The van der Waals surface area contributed by atoms with Gasteiger partial charge < -0.3 is 5.32 Å². The number of nitrogens with zero attached hydrogens (tertiary/aromatic N) is 3. The third kappa shape index (κ3) is 2.11. The largest absolute Gasteiger partial charge is 0.349 e. The molecule has 1 saturated carbocycles. The molecule has 2 heterocycles. The Morgan fingerprint density at radius 1 is 1.39 bits per heavy atom. The van der Waals surface area contributed by atoms with Gasteiger partial charge in [-0.25, -0.2) is 9.67 Å². The van der Waals surface area contributed by atoms with E-state index in [0.29, 0.717) is 17.4 Å². The number of carbonyl (C=O) groups excluding carboxylic acids is 1. The third-order valence-corrected chi connectivity index (χ3v) is 3.19. The summed E-state index contributed by atoms with van der Waals surface area (Å²) in [6.07, 6.45) is 8.50. The average Bonchev–Trinajstić information content (AvgIpc) is 2.87. The monoisotopic (exact) mass is 242 g/mol. The van der Waals surface area contributed by atoms with Crippen molar-refractivity contribution in [3.63, 3.8) is 0 Å². The van der Waals surface area contributed by atoms with Crippen molar-refractivity contribution in [3.8, 4) is 5.82 Å². The van der Waals surface area contributed by atoms with Crippen LogP contribution in [0, 0.1) is 0 Å². The van der Waals surface area contributed by atoms with Crippen molar-refractivity contribution < 1.29 is 4.79 Å². The van der Waals surface area contributed by atoms with Crippen LogP contribution in [0.2, 0.25) is 0 Å². The van der Waals surface area contributed by atoms with E-state index in [4.69, 9.17) is 0 Å². The molecule has 0 unspecified atom stereocenters. The van der Waals surface area contributed by atoms with Gasteiger partial charge in [0, 0.05) is 30.2 Å². The summed E-state index contributed by atoms with van der Waals surface area (Å²) < 4.78 is 1.64. The summed E-state index contributed by atoms with van der Waals surface area (Å²) in [5, 5.41) is 7.11. The summed E-state index contributed by atoms with van der Waals surface area (Å²) in [7, 11) is 0. The Bertz CT molecular complexity index is 546. The summed E-state index contributed by atoms with van der Waals surface area (Å²) in [5.41, 5.74) is 0.627. The maximum absolute atomic E-state index is 12.0. The Hall–Kier alpha value is -2.17. The van der Waals surface area contributed by atoms with E-state index in [2.05, 4.69) is 15.4 Å². The highest BCUT2D eigenvalue weighted by Crippen LogP contribution is 2.18. The van der Waals surface area contributed by atoms with E-state index >= 15 is 0 Å². The van der Waals surface area contributed by atoms with E-state index < -0.39 is 0 Å². The minimum atomic E-state index is -0.0319. The second-order valence-electron chi connectivity index (χ2n) is 4.45. The van der Waals surface area contributed by atoms with Crippen LogP contribution < -0.4 is 5.32 Å². The number of nitrogens with one attached hydrogen (secondary N) is 1. The number of carbonyl (C=O) groups is 1. The highest BCUT2D eigenvalue weighted by Gasteiger charge is 2.20. The Morgan fingerprint density at radius 2 is 2.28 bits per heavy atom. The molecule has 2 aromatic rings. The van der Waals surface area contributed by atoms with Gasteiger partial charge in [0.25, 0.3) is 5.91 Å². The van der Waals surface area contributed by atoms with Crippen LogP contribution in [0.5, 0.6) is 0 Å². The molecule has 0 atom stereocenters. The minimum absolute atomic E-state index is 0.0319. The zero-order chi connectivity index (χ0) is 12.4. The molecule has 1 aliphatic carbocycles. The standard InChI is InChI=1S/C13H14N4O/c18-13(16-11-3-1-4-11)10-5-7-14-12(9-10)17-8-2-6-15-17/h2,5-9,11H,1,3-4H2,(H,16,18). The van der Waals surface area contributed by atoms with Crippen LogP contribution in [-0.4, -0.2) is 26.7 Å². The molecule has 0 aliphatic heterocycles. The molecule has 0 saturated heterocycles. The van der Waals surface area contributed by atoms with E-state index in [9.17, 15) is 4.79 Å². The zero-order valence-electron chi connectivity index (χ0n) is 9.91. The normalized spacial score (nSPS) is 15.1. The van der Waals surface area contributed by atoms with Gasteiger partial charge in [-0.2, -0.15) is 5.10 Å². The maximum Gasteiger partial charge on any atom is 0.251 e. The molecule has 0 bridgehead atoms. The fraction of sp³-hybridized carbons (Fsp3) is 0.308. The Balaban J connectivity index is 1.79. The van der Waals surface area contributed by atoms with Gasteiger partial charge in [-0.15, -0.1) is 0 Å². The molecule has 1 N–H and O–H groups in total. The molecule has 92 valence electrons. The molecular weight excluding hydrogens is 228 g/mol. The Kier molecular flexibility index (Phi) is 2.80. The van der Waals surface area contributed by atoms with E-state index in [1.807, 2.05) is 6.07 Å². The minimum Gasteiger partial charge on any atom is -0.349 e. The van der Waals surface area contributed by atoms with Crippen molar-refractivity contribution in [2.45, 2.75) is 25.3 Å². The molecule has 3 rings (SSSR count). The molecule has 1 fully saturated rings. The van der Waals surface area contributed by atoms with Crippen LogP contribution >= 0.6 is 0 Å². The number of pyridine rings is 1. The molecule has 0 spiro atoms. The first-order chi connectivity index (χ1) is 8.83. The molecule has 5 heteroatoms. The van der Waals surface area contributed by atoms with Gasteiger partial charge in [0.2, 0.25) is 0 Å². The maximum atomic E-state index is 12.0. The van der Waals surface area contributed by atoms with Crippen molar-refractivity contribution in [1.29, 1.82) is 0 Å². The molecule has 18 heavy (non-hydrogen) atoms. The SMILES string of the molecule is O=C(NC1CCC1)c1ccnc(-n2cccn2)c1. The third-order valence-electron chi connectivity index (χ3n) is 3.19. The van der Waals surface area contributed by atoms with E-state index in [0.717, 1.165) is 12.8 Å². The summed E-state index contributed by atoms with van der Waals surface area (Å²) in [6, 6.07) is 5.64. The van der Waals surface area contributed by atoms with Crippen LogP contribution in [0.4, 0.5) is 0 Å². The fourth-order valence-corrected chi connectivity index (χ4v) is 1.91. The van der Waals surface area contributed by atoms with E-state index in [1.54, 1.807) is 35.4 Å². The fourth-order valence-electron chi connectivity index (χ4n) is 1.91. The van der Waals surface area contributed by atoms with Gasteiger partial charge in [-0.3, -0.25) is 4.79 Å². The van der Waals surface area contributed by atoms with Gasteiger partial charge in [0.05, 0.1) is 0 Å². The summed E-state index contributed by atoms with van der Waals surface area (Å²) in [5.74, 6) is 0.622. The highest BCUT2D eigenvalue weighted by atomic mass is 16.1. The van der Waals surface area contributed by atoms with Crippen LogP contribution in [0.25, 0.3) is 5.82 Å². The Labute approximate surface area is 105 Å². The first kappa shape index (κ1) is 11.0. The zero-order valence-corrected chi connectivity index (χ0v) is 9.91. The predicted molar refractivity (Wildman–Crippen MR) is 66.5 cm³/mol. The predicted octanol–water partition coefficient (Wildman–Crippen LogP) is 1.55. The Morgan fingerprint density at radius 3 is 2.94 bits per heavy atom. The van der Waals surface area contributed by atoms with E-state index in [1.165, 1.54) is 6.42 Å². The lowest BCUT2D eigenvalue weighted by Gasteiger charge is -2.26. The van der Waals surface area contributed by atoms with Crippen molar-refractivity contribution in [2.75, 3.05) is 0 Å². The van der Waals surface area contributed by atoms with Gasteiger partial charge in [-0.05, 0) is 37.5 Å². The van der Waals surface area contributed by atoms with Gasteiger partial charge >= 0.3 is 0 Å². The topological polar surface area (TPSA) is 59.8 Å². The van der Waals surface area contributed by atoms with Gasteiger partial charge in [-0.1, -0.05) is 0 Å². The first-order valence-corrected chi connectivity index (χ1v) is 6.10. The number of hydrogen-bond donors (Lipinski definition) is 1. The smallest absolute Gasteiger partial charge is 0.251 e. The van der Waals surface area contributed by atoms with Crippen LogP contribution in [0.3, 0.4) is 0 Å². The van der Waals surface area contributed by atoms with Gasteiger partial charge in [0.1, 0.15) is 0 Å². The number of amides is 1. The summed E-state index contributed by atoms with van der Waals surface area (Å²) in [4.78, 5) is 16.2. The molecule has 0 radical (unpaired) electrons. The van der Waals surface area contributed by atoms with Crippen molar-refractivity contribution >= 4 is 5.91 Å². The van der Waals surface area contributed by atoms with Crippen LogP contribution in [0.1, 0.15) is 29.6 Å². The number of hydrogen-bond acceptors (Lipinski definition) is 3. The molecular formula is C13H14N4O. The van der Waals surface area contributed by atoms with Crippen molar-refractivity contribution in [3.05, 3.63) is 42.4 Å². The number of rotatable bonds is 3. The lowest BCUT2D eigenvalue weighted by atomic mass is 9.93. The second kappa shape index (κ2) is 4.60. The highest BCUT2D eigenvalue weighted by molar-refractivity contribution is 5.94. The number of aromatic nitrogens is 3. The summed E-state index contributed by atoms with van der Waals surface area (Å²) in [6.45, 7) is 0. The lowest BCUT2D eigenvalue weighted by Crippen LogP contribution is -2.39. The van der Waals surface area contributed by atoms with Crippen molar-refractivity contribution in [1.82, 2.24) is 20.1 Å². The van der Waals surface area contributed by atoms with E-state index in [-0.39, 0.29) is 5.91 Å². The van der Waals surface area contributed by atoms with Crippen LogP contribution in [0.15, 0.2) is 36.8 Å². The quantitative estimate of drug-likeness (QED) is 0.888. The first-order valence-electron chi connectivity index (χ1n) is 6.10. The molecule has 2 aromatic heterocycles. The lowest BCUT2D eigenvalue weighted by molar-refractivity contribution is 0.0917. The second-order valence-corrected chi connectivity index (χ2v) is 4.45. The van der Waals surface area contributed by atoms with Gasteiger partial charge in [0.15, 0.2) is 5.82 Å². The molecule has 0 aromatic carbocycles. The molecule has 1 aliphatic rings. The van der Waals surface area contributed by atoms with Crippen molar-refractivity contribution in [2.24, 2.45) is 0 Å². The van der Waals surface area contributed by atoms with Crippen LogP contribution in [-0.2, 0) is 0 Å².